The lowest BCUT2D eigenvalue weighted by atomic mass is 10.1. The van der Waals surface area contributed by atoms with Gasteiger partial charge in [0.1, 0.15) is 5.75 Å². The maximum atomic E-state index is 13.8. The molecule has 0 N–H and O–H groups in total. The Bertz CT molecular complexity index is 540. The van der Waals surface area contributed by atoms with Crippen LogP contribution in [-0.2, 0) is 11.8 Å². The highest BCUT2D eigenvalue weighted by atomic mass is 79.9. The summed E-state index contributed by atoms with van der Waals surface area (Å²) in [7, 11) is 0. The normalized spacial score (nSPS) is 10.4. The summed E-state index contributed by atoms with van der Waals surface area (Å²) in [6.07, 6.45) is 0.855. The molecule has 0 bridgehead atoms. The first-order valence-corrected chi connectivity index (χ1v) is 6.97. The first-order chi connectivity index (χ1) is 8.76. The minimum absolute atomic E-state index is 0.301. The van der Waals surface area contributed by atoms with Gasteiger partial charge in [-0.3, -0.25) is 0 Å². The van der Waals surface area contributed by atoms with Crippen LogP contribution >= 0.6 is 15.9 Å². The van der Waals surface area contributed by atoms with Gasteiger partial charge in [-0.25, -0.2) is 4.39 Å². The highest BCUT2D eigenvalue weighted by Gasteiger charge is 2.11. The number of benzene rings is 2. The van der Waals surface area contributed by atoms with Crippen LogP contribution in [-0.4, -0.2) is 0 Å². The molecule has 0 radical (unpaired) electrons. The Hall–Kier alpha value is -1.35. The zero-order valence-corrected chi connectivity index (χ0v) is 11.7. The summed E-state index contributed by atoms with van der Waals surface area (Å²) < 4.78 is 19.6. The monoisotopic (exact) mass is 308 g/mol. The van der Waals surface area contributed by atoms with Crippen molar-refractivity contribution >= 4 is 15.9 Å². The van der Waals surface area contributed by atoms with Crippen LogP contribution in [0.5, 0.6) is 11.5 Å². The van der Waals surface area contributed by atoms with Crippen LogP contribution in [0, 0.1) is 5.82 Å². The average molecular weight is 309 g/mol. The zero-order valence-electron chi connectivity index (χ0n) is 10.1. The molecule has 0 amide bonds. The van der Waals surface area contributed by atoms with E-state index >= 15 is 0 Å². The van der Waals surface area contributed by atoms with Crippen LogP contribution in [0.1, 0.15) is 18.1 Å². The second-order valence-electron chi connectivity index (χ2n) is 3.93. The molecule has 0 aliphatic heterocycles. The third kappa shape index (κ3) is 2.72. The Morgan fingerprint density at radius 1 is 1.06 bits per heavy atom. The summed E-state index contributed by atoms with van der Waals surface area (Å²) in [6.45, 7) is 2.05. The van der Waals surface area contributed by atoms with Gasteiger partial charge in [0.15, 0.2) is 11.6 Å². The first-order valence-electron chi connectivity index (χ1n) is 5.85. The van der Waals surface area contributed by atoms with Crippen molar-refractivity contribution in [1.82, 2.24) is 0 Å². The molecule has 0 saturated carbocycles. The van der Waals surface area contributed by atoms with Crippen molar-refractivity contribution in [3.63, 3.8) is 0 Å². The summed E-state index contributed by atoms with van der Waals surface area (Å²) in [5.41, 5.74) is 1.88. The van der Waals surface area contributed by atoms with E-state index in [0.29, 0.717) is 16.8 Å². The third-order valence-electron chi connectivity index (χ3n) is 2.76. The van der Waals surface area contributed by atoms with Gasteiger partial charge in [0, 0.05) is 10.9 Å². The van der Waals surface area contributed by atoms with E-state index in [1.165, 1.54) is 6.07 Å². The summed E-state index contributed by atoms with van der Waals surface area (Å²) in [5, 5.41) is 0.564. The predicted octanol–water partition coefficient (Wildman–Crippen LogP) is 5.08. The van der Waals surface area contributed by atoms with Gasteiger partial charge in [0.2, 0.25) is 0 Å². The third-order valence-corrected chi connectivity index (χ3v) is 3.36. The lowest BCUT2D eigenvalue weighted by molar-refractivity contribution is 0.434. The molecule has 0 saturated heterocycles. The summed E-state index contributed by atoms with van der Waals surface area (Å²) in [6, 6.07) is 12.6. The molecule has 1 nitrogen and oxygen atoms in total. The highest BCUT2D eigenvalue weighted by Crippen LogP contribution is 2.31. The zero-order chi connectivity index (χ0) is 13.0. The van der Waals surface area contributed by atoms with Gasteiger partial charge in [-0.1, -0.05) is 53.2 Å². The van der Waals surface area contributed by atoms with Gasteiger partial charge < -0.3 is 4.74 Å². The molecule has 18 heavy (non-hydrogen) atoms. The molecule has 0 aromatic heterocycles. The molecule has 3 heteroatoms. The molecule has 0 spiro atoms. The fourth-order valence-electron chi connectivity index (χ4n) is 1.78. The van der Waals surface area contributed by atoms with E-state index in [1.807, 2.05) is 30.3 Å². The minimum Gasteiger partial charge on any atom is -0.454 e. The number of hydrogen-bond donors (Lipinski definition) is 0. The van der Waals surface area contributed by atoms with E-state index in [0.717, 1.165) is 17.5 Å². The fraction of sp³-hybridized carbons (Fsp3) is 0.200. The molecular weight excluding hydrogens is 295 g/mol. The fourth-order valence-corrected chi connectivity index (χ4v) is 2.22. The topological polar surface area (TPSA) is 9.23 Å². The molecule has 94 valence electrons. The summed E-state index contributed by atoms with van der Waals surface area (Å²) in [5.74, 6) is 0.681. The van der Waals surface area contributed by atoms with E-state index < -0.39 is 0 Å². The van der Waals surface area contributed by atoms with Crippen LogP contribution in [0.3, 0.4) is 0 Å². The number of rotatable bonds is 4. The Kier molecular flexibility index (Phi) is 4.37. The Morgan fingerprint density at radius 2 is 1.78 bits per heavy atom. The van der Waals surface area contributed by atoms with Crippen molar-refractivity contribution in [2.45, 2.75) is 18.7 Å². The number of hydrogen-bond acceptors (Lipinski definition) is 1. The van der Waals surface area contributed by atoms with Crippen molar-refractivity contribution < 1.29 is 9.13 Å². The summed E-state index contributed by atoms with van der Waals surface area (Å²) >= 11 is 3.34. The van der Waals surface area contributed by atoms with Crippen LogP contribution in [0.2, 0.25) is 0 Å². The van der Waals surface area contributed by atoms with Gasteiger partial charge in [-0.2, -0.15) is 0 Å². The van der Waals surface area contributed by atoms with Crippen molar-refractivity contribution in [3.8, 4) is 11.5 Å². The molecule has 2 aromatic carbocycles. The first kappa shape index (κ1) is 13.1. The maximum Gasteiger partial charge on any atom is 0.167 e. The van der Waals surface area contributed by atoms with Gasteiger partial charge in [-0.15, -0.1) is 0 Å². The molecule has 0 unspecified atom stereocenters. The highest BCUT2D eigenvalue weighted by molar-refractivity contribution is 9.08. The van der Waals surface area contributed by atoms with Crippen LogP contribution < -0.4 is 4.74 Å². The number of para-hydroxylation sites is 2. The van der Waals surface area contributed by atoms with E-state index in [1.54, 1.807) is 6.07 Å². The van der Waals surface area contributed by atoms with Crippen molar-refractivity contribution in [2.75, 3.05) is 0 Å². The average Bonchev–Trinajstić information content (AvgIpc) is 2.41. The van der Waals surface area contributed by atoms with E-state index in [-0.39, 0.29) is 5.82 Å². The number of ether oxygens (including phenoxy) is 1. The number of halogens is 2. The van der Waals surface area contributed by atoms with E-state index in [2.05, 4.69) is 22.9 Å². The standard InChI is InChI=1S/C15H14BrFO/c1-2-11-6-3-4-9-14(11)18-15-12(10-16)7-5-8-13(15)17/h3-9H,2,10H2,1H3. The molecular formula is C15H14BrFO. The molecule has 0 fully saturated rings. The second-order valence-corrected chi connectivity index (χ2v) is 4.49. The molecule has 2 aromatic rings. The predicted molar refractivity (Wildman–Crippen MR) is 74.9 cm³/mol. The molecule has 2 rings (SSSR count). The second kappa shape index (κ2) is 6.01. The van der Waals surface area contributed by atoms with Crippen LogP contribution in [0.4, 0.5) is 4.39 Å². The lowest BCUT2D eigenvalue weighted by Crippen LogP contribution is -1.95. The number of alkyl halides is 1. The van der Waals surface area contributed by atoms with E-state index in [4.69, 9.17) is 4.74 Å². The van der Waals surface area contributed by atoms with Gasteiger partial charge in [0.05, 0.1) is 0 Å². The largest absolute Gasteiger partial charge is 0.454 e. The Morgan fingerprint density at radius 3 is 2.50 bits per heavy atom. The maximum absolute atomic E-state index is 13.8. The Balaban J connectivity index is 2.39. The summed E-state index contributed by atoms with van der Waals surface area (Å²) in [4.78, 5) is 0. The van der Waals surface area contributed by atoms with Crippen molar-refractivity contribution in [3.05, 3.63) is 59.4 Å². The molecule has 0 aliphatic carbocycles. The van der Waals surface area contributed by atoms with Gasteiger partial charge in [-0.05, 0) is 24.1 Å². The molecule has 0 aliphatic rings. The number of aryl methyl sites for hydroxylation is 1. The van der Waals surface area contributed by atoms with Crippen LogP contribution in [0.25, 0.3) is 0 Å². The quantitative estimate of drug-likeness (QED) is 0.716. The van der Waals surface area contributed by atoms with Crippen LogP contribution in [0.15, 0.2) is 42.5 Å². The SMILES string of the molecule is CCc1ccccc1Oc1c(F)cccc1CBr. The van der Waals surface area contributed by atoms with Crippen molar-refractivity contribution in [2.24, 2.45) is 0 Å². The van der Waals surface area contributed by atoms with Crippen molar-refractivity contribution in [1.29, 1.82) is 0 Å². The molecule has 0 heterocycles. The van der Waals surface area contributed by atoms with E-state index in [9.17, 15) is 4.39 Å². The minimum atomic E-state index is -0.335. The molecule has 0 atom stereocenters. The Labute approximate surface area is 115 Å². The lowest BCUT2D eigenvalue weighted by Gasteiger charge is -2.13. The van der Waals surface area contributed by atoms with Gasteiger partial charge >= 0.3 is 0 Å². The smallest absolute Gasteiger partial charge is 0.167 e. The van der Waals surface area contributed by atoms with Gasteiger partial charge in [0.25, 0.3) is 0 Å².